The summed E-state index contributed by atoms with van der Waals surface area (Å²) in [4.78, 5) is 49.6. The number of piperazine rings is 1. The van der Waals surface area contributed by atoms with Crippen molar-refractivity contribution in [2.24, 2.45) is 0 Å². The SMILES string of the molecule is Cc1ccccc1N1CCN(c2ccc(C(=O)NCCCN3CCCC3=O)cc2NC(=O)c2nc(-c3ccccc3)cs2)CC1. The highest BCUT2D eigenvalue weighted by Gasteiger charge is 2.24. The molecular formula is C35H38N6O3S. The van der Waals surface area contributed by atoms with Crippen LogP contribution >= 0.6 is 11.3 Å². The molecule has 0 aliphatic carbocycles. The summed E-state index contributed by atoms with van der Waals surface area (Å²) >= 11 is 1.30. The van der Waals surface area contributed by atoms with E-state index >= 15 is 0 Å². The number of aromatic nitrogens is 1. The monoisotopic (exact) mass is 622 g/mol. The third-order valence-corrected chi connectivity index (χ3v) is 9.25. The molecule has 45 heavy (non-hydrogen) atoms. The van der Waals surface area contributed by atoms with Crippen LogP contribution in [-0.2, 0) is 4.79 Å². The van der Waals surface area contributed by atoms with Crippen LogP contribution < -0.4 is 20.4 Å². The average Bonchev–Trinajstić information content (AvgIpc) is 3.73. The number of thiazole rings is 1. The Morgan fingerprint density at radius 1 is 0.867 bits per heavy atom. The van der Waals surface area contributed by atoms with Gasteiger partial charge in [-0.1, -0.05) is 48.5 Å². The van der Waals surface area contributed by atoms with Crippen molar-refractivity contribution in [3.63, 3.8) is 0 Å². The van der Waals surface area contributed by atoms with Gasteiger partial charge in [0.25, 0.3) is 11.8 Å². The lowest BCUT2D eigenvalue weighted by Crippen LogP contribution is -2.47. The number of hydrogen-bond donors (Lipinski definition) is 2. The van der Waals surface area contributed by atoms with Crippen LogP contribution in [0.4, 0.5) is 17.1 Å². The number of para-hydroxylation sites is 1. The smallest absolute Gasteiger partial charge is 0.284 e. The second-order valence-corrected chi connectivity index (χ2v) is 12.3. The van der Waals surface area contributed by atoms with Crippen LogP contribution in [0.1, 0.15) is 45.0 Å². The fourth-order valence-electron chi connectivity index (χ4n) is 5.97. The minimum absolute atomic E-state index is 0.188. The Balaban J connectivity index is 1.17. The van der Waals surface area contributed by atoms with Crippen LogP contribution in [-0.4, -0.2) is 73.4 Å². The number of carbonyl (C=O) groups is 3. The summed E-state index contributed by atoms with van der Waals surface area (Å²) in [6, 6.07) is 23.7. The molecule has 0 saturated carbocycles. The number of likely N-dealkylation sites (tertiary alicyclic amines) is 1. The lowest BCUT2D eigenvalue weighted by molar-refractivity contribution is -0.127. The molecule has 0 spiro atoms. The third kappa shape index (κ3) is 7.17. The zero-order valence-electron chi connectivity index (χ0n) is 25.5. The molecule has 6 rings (SSSR count). The van der Waals surface area contributed by atoms with Crippen molar-refractivity contribution in [2.75, 3.05) is 60.9 Å². The van der Waals surface area contributed by atoms with Crippen molar-refractivity contribution >= 4 is 46.1 Å². The number of nitrogens with one attached hydrogen (secondary N) is 2. The van der Waals surface area contributed by atoms with Gasteiger partial charge in [0.2, 0.25) is 5.91 Å². The molecule has 2 aliphatic rings. The van der Waals surface area contributed by atoms with Crippen LogP contribution in [0, 0.1) is 6.92 Å². The van der Waals surface area contributed by atoms with E-state index in [-0.39, 0.29) is 17.7 Å². The molecule has 4 aromatic rings. The van der Waals surface area contributed by atoms with Crippen molar-refractivity contribution in [1.29, 1.82) is 0 Å². The number of anilines is 3. The van der Waals surface area contributed by atoms with Gasteiger partial charge in [-0.2, -0.15) is 0 Å². The van der Waals surface area contributed by atoms with Gasteiger partial charge in [-0.3, -0.25) is 14.4 Å². The fourth-order valence-corrected chi connectivity index (χ4v) is 6.69. The van der Waals surface area contributed by atoms with E-state index in [4.69, 9.17) is 0 Å². The zero-order valence-corrected chi connectivity index (χ0v) is 26.3. The molecule has 2 saturated heterocycles. The maximum absolute atomic E-state index is 13.5. The van der Waals surface area contributed by atoms with E-state index in [9.17, 15) is 14.4 Å². The molecule has 3 heterocycles. The highest BCUT2D eigenvalue weighted by molar-refractivity contribution is 7.12. The number of aryl methyl sites for hydroxylation is 1. The summed E-state index contributed by atoms with van der Waals surface area (Å²) in [6.45, 7) is 7.26. The van der Waals surface area contributed by atoms with Crippen molar-refractivity contribution < 1.29 is 14.4 Å². The van der Waals surface area contributed by atoms with Gasteiger partial charge in [-0.15, -0.1) is 11.3 Å². The Kier molecular flexibility index (Phi) is 9.40. The first kappa shape index (κ1) is 30.3. The second kappa shape index (κ2) is 13.9. The fraction of sp³-hybridized carbons (Fsp3) is 0.314. The maximum Gasteiger partial charge on any atom is 0.284 e. The predicted molar refractivity (Wildman–Crippen MR) is 180 cm³/mol. The molecule has 0 radical (unpaired) electrons. The molecule has 3 aromatic carbocycles. The van der Waals surface area contributed by atoms with Gasteiger partial charge < -0.3 is 25.3 Å². The number of rotatable bonds is 10. The first-order valence-corrected chi connectivity index (χ1v) is 16.4. The normalized spacial score (nSPS) is 15.0. The van der Waals surface area contributed by atoms with Crippen molar-refractivity contribution in [3.05, 3.63) is 94.3 Å². The first-order valence-electron chi connectivity index (χ1n) is 15.5. The Hall–Kier alpha value is -4.70. The lowest BCUT2D eigenvalue weighted by atomic mass is 10.1. The summed E-state index contributed by atoms with van der Waals surface area (Å²) in [5, 5.41) is 8.30. The number of nitrogens with zero attached hydrogens (tertiary/aromatic N) is 4. The van der Waals surface area contributed by atoms with Crippen LogP contribution in [0.25, 0.3) is 11.3 Å². The Morgan fingerprint density at radius 2 is 1.60 bits per heavy atom. The minimum Gasteiger partial charge on any atom is -0.368 e. The molecule has 9 nitrogen and oxygen atoms in total. The van der Waals surface area contributed by atoms with E-state index in [0.29, 0.717) is 42.2 Å². The molecule has 0 atom stereocenters. The third-order valence-electron chi connectivity index (χ3n) is 8.41. The largest absolute Gasteiger partial charge is 0.368 e. The molecule has 2 fully saturated rings. The second-order valence-electron chi connectivity index (χ2n) is 11.4. The van der Waals surface area contributed by atoms with Crippen LogP contribution in [0.2, 0.25) is 0 Å². The molecule has 1 aromatic heterocycles. The van der Waals surface area contributed by atoms with E-state index in [1.165, 1.54) is 22.6 Å². The molecule has 2 N–H and O–H groups in total. The van der Waals surface area contributed by atoms with Gasteiger partial charge in [-0.25, -0.2) is 4.98 Å². The molecular weight excluding hydrogens is 584 g/mol. The molecule has 3 amide bonds. The number of amides is 3. The van der Waals surface area contributed by atoms with Crippen molar-refractivity contribution in [3.8, 4) is 11.3 Å². The molecule has 10 heteroatoms. The van der Waals surface area contributed by atoms with Gasteiger partial charge in [0.15, 0.2) is 5.01 Å². The van der Waals surface area contributed by atoms with Gasteiger partial charge in [0.1, 0.15) is 0 Å². The highest BCUT2D eigenvalue weighted by atomic mass is 32.1. The van der Waals surface area contributed by atoms with Gasteiger partial charge in [0.05, 0.1) is 17.1 Å². The average molecular weight is 623 g/mol. The molecule has 2 aliphatic heterocycles. The number of benzene rings is 3. The van der Waals surface area contributed by atoms with E-state index in [1.807, 2.05) is 52.7 Å². The number of carbonyl (C=O) groups excluding carboxylic acids is 3. The van der Waals surface area contributed by atoms with Gasteiger partial charge in [0, 0.05) is 74.4 Å². The quantitative estimate of drug-likeness (QED) is 0.229. The highest BCUT2D eigenvalue weighted by Crippen LogP contribution is 2.31. The Labute approximate surface area is 267 Å². The Bertz CT molecular complexity index is 1660. The first-order chi connectivity index (χ1) is 22.0. The van der Waals surface area contributed by atoms with E-state index in [2.05, 4.69) is 56.6 Å². The molecule has 0 bridgehead atoms. The number of hydrogen-bond acceptors (Lipinski definition) is 7. The van der Waals surface area contributed by atoms with E-state index in [1.54, 1.807) is 6.07 Å². The van der Waals surface area contributed by atoms with Gasteiger partial charge >= 0.3 is 0 Å². The standard InChI is InChI=1S/C35H38N6O3S/c1-25-9-5-6-12-30(25)39-19-21-40(22-20-39)31-15-14-27(33(43)36-16-8-18-41-17-7-13-32(41)42)23-28(31)37-34(44)35-38-29(24-45-35)26-10-3-2-4-11-26/h2-6,9-12,14-15,23-24H,7-8,13,16-22H2,1H3,(H,36,43)(H,37,44). The van der Waals surface area contributed by atoms with Crippen molar-refractivity contribution in [2.45, 2.75) is 26.2 Å². The minimum atomic E-state index is -0.310. The van der Waals surface area contributed by atoms with Gasteiger partial charge in [-0.05, 0) is 49.6 Å². The topological polar surface area (TPSA) is 97.9 Å². The van der Waals surface area contributed by atoms with Crippen LogP contribution in [0.3, 0.4) is 0 Å². The Morgan fingerprint density at radius 3 is 2.33 bits per heavy atom. The maximum atomic E-state index is 13.5. The summed E-state index contributed by atoms with van der Waals surface area (Å²) < 4.78 is 0. The van der Waals surface area contributed by atoms with Crippen LogP contribution in [0.5, 0.6) is 0 Å². The predicted octanol–water partition coefficient (Wildman–Crippen LogP) is 5.44. The molecule has 232 valence electrons. The van der Waals surface area contributed by atoms with Crippen molar-refractivity contribution in [1.82, 2.24) is 15.2 Å². The summed E-state index contributed by atoms with van der Waals surface area (Å²) in [5.41, 5.74) is 6.11. The zero-order chi connectivity index (χ0) is 31.2. The van der Waals surface area contributed by atoms with E-state index < -0.39 is 0 Å². The summed E-state index contributed by atoms with van der Waals surface area (Å²) in [6.07, 6.45) is 2.21. The summed E-state index contributed by atoms with van der Waals surface area (Å²) in [5.74, 6) is -0.335. The van der Waals surface area contributed by atoms with Crippen LogP contribution in [0.15, 0.2) is 78.2 Å². The van der Waals surface area contributed by atoms with E-state index in [0.717, 1.165) is 56.1 Å². The molecule has 0 unspecified atom stereocenters. The lowest BCUT2D eigenvalue weighted by Gasteiger charge is -2.38. The summed E-state index contributed by atoms with van der Waals surface area (Å²) in [7, 11) is 0.